The minimum atomic E-state index is -1.11. The van der Waals surface area contributed by atoms with E-state index in [0.29, 0.717) is 28.8 Å². The van der Waals surface area contributed by atoms with Crippen LogP contribution in [-0.4, -0.2) is 114 Å². The van der Waals surface area contributed by atoms with Gasteiger partial charge in [0, 0.05) is 62.4 Å². The Hall–Kier alpha value is -6.27. The summed E-state index contributed by atoms with van der Waals surface area (Å²) in [6, 6.07) is 8.52. The highest BCUT2D eigenvalue weighted by Crippen LogP contribution is 2.33. The average molecular weight is 836 g/mol. The molecule has 3 aromatic heterocycles. The first-order chi connectivity index (χ1) is 29.3. The molecule has 316 valence electrons. The Kier molecular flexibility index (Phi) is 10.5. The maximum atomic E-state index is 15.3. The van der Waals surface area contributed by atoms with Crippen LogP contribution in [0.5, 0.6) is 0 Å². The zero-order valence-electron chi connectivity index (χ0n) is 33.9. The molecule has 2 aromatic carbocycles. The molecule has 0 spiro atoms. The monoisotopic (exact) mass is 835 g/mol. The van der Waals surface area contributed by atoms with Crippen LogP contribution < -0.4 is 15.5 Å². The molecular formula is C43H44F3N11O4. The number of pyridine rings is 1. The summed E-state index contributed by atoms with van der Waals surface area (Å²) < 4.78 is 47.5. The van der Waals surface area contributed by atoms with Crippen LogP contribution in [0.2, 0.25) is 0 Å². The number of aryl methyl sites for hydroxylation is 1. The van der Waals surface area contributed by atoms with Crippen molar-refractivity contribution in [2.45, 2.75) is 71.1 Å². The predicted octanol–water partition coefficient (Wildman–Crippen LogP) is 5.13. The number of imide groups is 2. The average Bonchev–Trinajstić information content (AvgIpc) is 3.71. The number of anilines is 3. The molecule has 2 N–H and O–H groups in total. The zero-order chi connectivity index (χ0) is 42.7. The van der Waals surface area contributed by atoms with E-state index in [4.69, 9.17) is 0 Å². The summed E-state index contributed by atoms with van der Waals surface area (Å²) in [7, 11) is 0. The van der Waals surface area contributed by atoms with Gasteiger partial charge in [-0.05, 0) is 89.5 Å². The molecule has 5 aromatic rings. The number of rotatable bonds is 9. The van der Waals surface area contributed by atoms with E-state index in [0.717, 1.165) is 75.0 Å². The normalized spacial score (nSPS) is 19.4. The van der Waals surface area contributed by atoms with Gasteiger partial charge < -0.3 is 14.8 Å². The first-order valence-corrected chi connectivity index (χ1v) is 20.5. The molecule has 7 heterocycles. The molecule has 0 aliphatic carbocycles. The molecule has 1 atom stereocenters. The van der Waals surface area contributed by atoms with E-state index in [1.54, 1.807) is 12.3 Å². The summed E-state index contributed by atoms with van der Waals surface area (Å²) in [6.07, 6.45) is 4.66. The molecule has 4 amide bonds. The molecule has 15 nitrogen and oxygen atoms in total. The third-order valence-electron chi connectivity index (χ3n) is 12.2. The number of hydrogen-bond acceptors (Lipinski definition) is 12. The van der Waals surface area contributed by atoms with E-state index in [1.807, 2.05) is 37.5 Å². The van der Waals surface area contributed by atoms with Gasteiger partial charge in [0.1, 0.15) is 34.7 Å². The second-order valence-electron chi connectivity index (χ2n) is 16.3. The number of fused-ring (bicyclic) bond motifs is 2. The van der Waals surface area contributed by atoms with Crippen molar-refractivity contribution in [3.05, 3.63) is 88.8 Å². The molecule has 3 saturated heterocycles. The fourth-order valence-corrected chi connectivity index (χ4v) is 9.13. The van der Waals surface area contributed by atoms with Crippen molar-refractivity contribution in [3.63, 3.8) is 0 Å². The second kappa shape index (κ2) is 16.0. The first kappa shape index (κ1) is 40.2. The van der Waals surface area contributed by atoms with Gasteiger partial charge in [-0.3, -0.25) is 39.2 Å². The topological polar surface area (TPSA) is 162 Å². The maximum absolute atomic E-state index is 15.3. The standard InChI is InChI=1S/C43H44F3N11O4/c1-23(2)56-24(3)49-39-32(45)17-25(18-35(39)56)38-33(46)21-48-43(52-38)50-36-6-4-28(20-47-36)55-14-12-54(13-15-55)27-8-10-53(11-9-27)22-26-16-29-30(19-31(26)44)42(61)57(41(29)60)34-5-7-37(58)51-40(34)59/h4,6,16-21,23,27,34H,5,7-15,22H2,1-3H3,(H,51,58,59)(H,47,48,50,52). The number of benzene rings is 2. The van der Waals surface area contributed by atoms with Gasteiger partial charge in [0.25, 0.3) is 11.8 Å². The van der Waals surface area contributed by atoms with E-state index in [2.05, 4.69) is 45.3 Å². The number of nitrogens with zero attached hydrogens (tertiary/aromatic N) is 9. The number of nitrogens with one attached hydrogen (secondary N) is 2. The number of piperazine rings is 1. The Balaban J connectivity index is 0.775. The summed E-state index contributed by atoms with van der Waals surface area (Å²) in [4.78, 5) is 75.6. The number of carbonyl (C=O) groups is 4. The van der Waals surface area contributed by atoms with Gasteiger partial charge in [0.05, 0.1) is 34.7 Å². The summed E-state index contributed by atoms with van der Waals surface area (Å²) in [5.74, 6) is -3.11. The molecule has 4 aliphatic rings. The Morgan fingerprint density at radius 3 is 2.25 bits per heavy atom. The van der Waals surface area contributed by atoms with Crippen LogP contribution in [0, 0.1) is 24.4 Å². The lowest BCUT2D eigenvalue weighted by Crippen LogP contribution is -2.54. The molecule has 61 heavy (non-hydrogen) atoms. The quantitative estimate of drug-likeness (QED) is 0.189. The Bertz CT molecular complexity index is 2580. The number of aromatic nitrogens is 5. The third-order valence-corrected chi connectivity index (χ3v) is 12.2. The summed E-state index contributed by atoms with van der Waals surface area (Å²) in [6.45, 7) is 10.9. The van der Waals surface area contributed by atoms with Crippen LogP contribution >= 0.6 is 0 Å². The van der Waals surface area contributed by atoms with Crippen LogP contribution in [0.25, 0.3) is 22.3 Å². The van der Waals surface area contributed by atoms with Crippen LogP contribution in [0.3, 0.4) is 0 Å². The van der Waals surface area contributed by atoms with Gasteiger partial charge in [-0.25, -0.2) is 33.1 Å². The van der Waals surface area contributed by atoms with Gasteiger partial charge in [0.15, 0.2) is 11.6 Å². The smallest absolute Gasteiger partial charge is 0.262 e. The van der Waals surface area contributed by atoms with Crippen molar-refractivity contribution in [1.82, 2.24) is 44.5 Å². The van der Waals surface area contributed by atoms with Crippen molar-refractivity contribution in [1.29, 1.82) is 0 Å². The maximum Gasteiger partial charge on any atom is 0.262 e. The van der Waals surface area contributed by atoms with Gasteiger partial charge >= 0.3 is 0 Å². The second-order valence-corrected chi connectivity index (χ2v) is 16.3. The number of halogens is 3. The van der Waals surface area contributed by atoms with E-state index in [9.17, 15) is 19.2 Å². The molecule has 9 rings (SSSR count). The summed E-state index contributed by atoms with van der Waals surface area (Å²) in [5.41, 5.74) is 2.30. The highest BCUT2D eigenvalue weighted by molar-refractivity contribution is 6.23. The summed E-state index contributed by atoms with van der Waals surface area (Å²) in [5, 5.41) is 5.22. The Morgan fingerprint density at radius 2 is 1.56 bits per heavy atom. The molecule has 0 radical (unpaired) electrons. The lowest BCUT2D eigenvalue weighted by molar-refractivity contribution is -0.136. The van der Waals surface area contributed by atoms with Crippen molar-refractivity contribution >= 4 is 52.1 Å². The van der Waals surface area contributed by atoms with Gasteiger partial charge in [0.2, 0.25) is 17.8 Å². The van der Waals surface area contributed by atoms with Gasteiger partial charge in [-0.15, -0.1) is 0 Å². The minimum Gasteiger partial charge on any atom is -0.368 e. The number of carbonyl (C=O) groups excluding carboxylic acids is 4. The van der Waals surface area contributed by atoms with Crippen LogP contribution in [0.1, 0.15) is 77.7 Å². The molecule has 3 fully saturated rings. The zero-order valence-corrected chi connectivity index (χ0v) is 33.9. The Morgan fingerprint density at radius 1 is 0.820 bits per heavy atom. The van der Waals surface area contributed by atoms with Crippen LogP contribution in [0.4, 0.5) is 30.6 Å². The number of hydrogen-bond donors (Lipinski definition) is 2. The fourth-order valence-electron chi connectivity index (χ4n) is 9.13. The predicted molar refractivity (Wildman–Crippen MR) is 218 cm³/mol. The number of amides is 4. The number of likely N-dealkylation sites (tertiary alicyclic amines) is 1. The molecule has 1 unspecified atom stereocenters. The SMILES string of the molecule is Cc1nc2c(F)cc(-c3nc(Nc4ccc(N5CCN(C6CCN(Cc7cc8c(cc7F)C(=O)N(C7CCC(=O)NC7=O)C8=O)CC6)CC5)cn4)ncc3F)cc2n1C(C)C. The van der Waals surface area contributed by atoms with Gasteiger partial charge in [-0.2, -0.15) is 0 Å². The molecule has 18 heteroatoms. The van der Waals surface area contributed by atoms with Crippen LogP contribution in [-0.2, 0) is 16.1 Å². The molecule has 0 saturated carbocycles. The first-order valence-electron chi connectivity index (χ1n) is 20.5. The van der Waals surface area contributed by atoms with E-state index < -0.39 is 47.1 Å². The van der Waals surface area contributed by atoms with Crippen molar-refractivity contribution in [3.8, 4) is 11.3 Å². The molecule has 4 aliphatic heterocycles. The van der Waals surface area contributed by atoms with Crippen molar-refractivity contribution in [2.75, 3.05) is 49.5 Å². The number of imidazole rings is 1. The largest absolute Gasteiger partial charge is 0.368 e. The minimum absolute atomic E-state index is 0.0104. The lowest BCUT2D eigenvalue weighted by atomic mass is 10.00. The van der Waals surface area contributed by atoms with E-state index in [-0.39, 0.29) is 59.3 Å². The van der Waals surface area contributed by atoms with Gasteiger partial charge in [-0.1, -0.05) is 0 Å². The van der Waals surface area contributed by atoms with Crippen molar-refractivity contribution < 1.29 is 32.3 Å². The molecule has 0 bridgehead atoms. The fraction of sp³-hybridized carbons (Fsp3) is 0.395. The Labute approximate surface area is 349 Å². The summed E-state index contributed by atoms with van der Waals surface area (Å²) >= 11 is 0. The van der Waals surface area contributed by atoms with E-state index in [1.165, 1.54) is 12.1 Å². The van der Waals surface area contributed by atoms with E-state index >= 15 is 13.2 Å². The van der Waals surface area contributed by atoms with Crippen molar-refractivity contribution in [2.24, 2.45) is 0 Å². The third kappa shape index (κ3) is 7.58. The molecular weight excluding hydrogens is 792 g/mol. The highest BCUT2D eigenvalue weighted by Gasteiger charge is 2.45. The highest BCUT2D eigenvalue weighted by atomic mass is 19.1. The van der Waals surface area contributed by atoms with Crippen LogP contribution in [0.15, 0.2) is 48.8 Å². The number of piperidine rings is 2. The lowest BCUT2D eigenvalue weighted by Gasteiger charge is -2.43.